The molecule has 0 spiro atoms. The van der Waals surface area contributed by atoms with Gasteiger partial charge in [0, 0.05) is 0 Å². The van der Waals surface area contributed by atoms with Crippen LogP contribution in [0.1, 0.15) is 104 Å². The van der Waals surface area contributed by atoms with E-state index in [1.807, 2.05) is 6.08 Å². The van der Waals surface area contributed by atoms with Crippen LogP contribution in [0.5, 0.6) is 0 Å². The fourth-order valence-corrected chi connectivity index (χ4v) is 4.60. The predicted octanol–water partition coefficient (Wildman–Crippen LogP) is 9.20. The van der Waals surface area contributed by atoms with Gasteiger partial charge < -0.3 is 4.90 Å². The summed E-state index contributed by atoms with van der Waals surface area (Å²) in [5, 5.41) is 0. The van der Waals surface area contributed by atoms with Crippen molar-refractivity contribution in [3.05, 3.63) is 60.3 Å². The molecule has 0 amide bonds. The van der Waals surface area contributed by atoms with E-state index in [4.69, 9.17) is 0 Å². The minimum atomic E-state index is 0.713. The normalized spacial score (nSPS) is 17.0. The summed E-state index contributed by atoms with van der Waals surface area (Å²) in [6, 6.07) is 0. The standard InChI is InChI=1S/C30H51N/c1-7-9-10-15-27(4)17-12-24-31(6)25-13-18-28(5)30-22-20-29(21-23-30)19-11-16-26(3)14-8-2/h7,16,20,30H,1,4-5,8-15,17-19,21-25H2,2-3,6H3/b26-16+. The average Bonchev–Trinajstić information content (AvgIpc) is 2.74. The Morgan fingerprint density at radius 3 is 2.42 bits per heavy atom. The molecule has 0 aromatic heterocycles. The van der Waals surface area contributed by atoms with Crippen LogP contribution in [0.3, 0.4) is 0 Å². The van der Waals surface area contributed by atoms with E-state index in [1.54, 1.807) is 11.1 Å². The zero-order valence-electron chi connectivity index (χ0n) is 21.2. The lowest BCUT2D eigenvalue weighted by atomic mass is 9.82. The third kappa shape index (κ3) is 13.6. The Labute approximate surface area is 195 Å². The molecule has 0 saturated heterocycles. The van der Waals surface area contributed by atoms with Crippen molar-refractivity contribution in [2.75, 3.05) is 20.1 Å². The fraction of sp³-hybridized carbons (Fsp3) is 0.667. The van der Waals surface area contributed by atoms with Crippen LogP contribution >= 0.6 is 0 Å². The van der Waals surface area contributed by atoms with Crippen LogP contribution in [-0.4, -0.2) is 25.0 Å². The summed E-state index contributed by atoms with van der Waals surface area (Å²) in [6.07, 6.45) is 24.1. The first kappa shape index (κ1) is 27.7. The highest BCUT2D eigenvalue weighted by Gasteiger charge is 2.16. The SMILES string of the molecule is C=CCCCC(=C)CCCN(C)CCCC(=C)C1CC=C(CC/C=C(\C)CCC)CC1. The first-order valence-electron chi connectivity index (χ1n) is 12.9. The summed E-state index contributed by atoms with van der Waals surface area (Å²) in [5.41, 5.74) is 6.12. The summed E-state index contributed by atoms with van der Waals surface area (Å²) in [7, 11) is 2.26. The third-order valence-corrected chi connectivity index (χ3v) is 6.73. The first-order valence-corrected chi connectivity index (χ1v) is 12.9. The predicted molar refractivity (Wildman–Crippen MR) is 142 cm³/mol. The lowest BCUT2D eigenvalue weighted by molar-refractivity contribution is 0.322. The second-order valence-corrected chi connectivity index (χ2v) is 9.77. The molecule has 1 atom stereocenters. The summed E-state index contributed by atoms with van der Waals surface area (Å²) < 4.78 is 0. The van der Waals surface area contributed by atoms with Gasteiger partial charge in [0.05, 0.1) is 0 Å². The number of rotatable bonds is 18. The minimum Gasteiger partial charge on any atom is -0.306 e. The van der Waals surface area contributed by atoms with Gasteiger partial charge in [-0.1, -0.05) is 67.0 Å². The van der Waals surface area contributed by atoms with Crippen molar-refractivity contribution in [3.63, 3.8) is 0 Å². The van der Waals surface area contributed by atoms with E-state index < -0.39 is 0 Å². The van der Waals surface area contributed by atoms with Crippen LogP contribution in [0.2, 0.25) is 0 Å². The van der Waals surface area contributed by atoms with Gasteiger partial charge in [0.15, 0.2) is 0 Å². The second kappa shape index (κ2) is 17.2. The van der Waals surface area contributed by atoms with Gasteiger partial charge in [-0.15, -0.1) is 6.58 Å². The van der Waals surface area contributed by atoms with Crippen LogP contribution in [-0.2, 0) is 0 Å². The Bertz CT molecular complexity index is 592. The molecule has 1 aliphatic rings. The van der Waals surface area contributed by atoms with E-state index in [9.17, 15) is 0 Å². The molecule has 0 bridgehead atoms. The van der Waals surface area contributed by atoms with Gasteiger partial charge >= 0.3 is 0 Å². The van der Waals surface area contributed by atoms with E-state index in [0.717, 1.165) is 12.8 Å². The summed E-state index contributed by atoms with van der Waals surface area (Å²) in [6.45, 7) is 19.4. The van der Waals surface area contributed by atoms with E-state index in [-0.39, 0.29) is 0 Å². The molecule has 0 aromatic rings. The van der Waals surface area contributed by atoms with Gasteiger partial charge in [-0.2, -0.15) is 0 Å². The van der Waals surface area contributed by atoms with Gasteiger partial charge in [-0.25, -0.2) is 0 Å². The first-order chi connectivity index (χ1) is 15.0. The van der Waals surface area contributed by atoms with E-state index in [0.29, 0.717) is 5.92 Å². The second-order valence-electron chi connectivity index (χ2n) is 9.77. The maximum absolute atomic E-state index is 4.45. The molecule has 0 aliphatic heterocycles. The highest BCUT2D eigenvalue weighted by molar-refractivity contribution is 5.14. The maximum Gasteiger partial charge on any atom is -0.00187 e. The molecule has 0 fully saturated rings. The molecule has 1 aliphatic carbocycles. The van der Waals surface area contributed by atoms with Crippen molar-refractivity contribution in [2.24, 2.45) is 5.92 Å². The topological polar surface area (TPSA) is 3.24 Å². The Morgan fingerprint density at radius 2 is 1.77 bits per heavy atom. The monoisotopic (exact) mass is 425 g/mol. The molecule has 1 rings (SSSR count). The average molecular weight is 426 g/mol. The summed E-state index contributed by atoms with van der Waals surface area (Å²) >= 11 is 0. The highest BCUT2D eigenvalue weighted by Crippen LogP contribution is 2.32. The van der Waals surface area contributed by atoms with Gasteiger partial charge in [-0.3, -0.25) is 0 Å². The van der Waals surface area contributed by atoms with Crippen LogP contribution in [0.4, 0.5) is 0 Å². The van der Waals surface area contributed by atoms with E-state index in [1.165, 1.54) is 101 Å². The Hall–Kier alpha value is -1.34. The lowest BCUT2D eigenvalue weighted by Gasteiger charge is -2.25. The van der Waals surface area contributed by atoms with Crippen molar-refractivity contribution in [2.45, 2.75) is 104 Å². The van der Waals surface area contributed by atoms with Crippen LogP contribution < -0.4 is 0 Å². The smallest absolute Gasteiger partial charge is 0.00187 e. The molecule has 31 heavy (non-hydrogen) atoms. The van der Waals surface area contributed by atoms with Gasteiger partial charge in [-0.05, 0) is 116 Å². The number of unbranched alkanes of at least 4 members (excludes halogenated alkanes) is 1. The largest absolute Gasteiger partial charge is 0.306 e. The maximum atomic E-state index is 4.45. The number of hydrogen-bond donors (Lipinski definition) is 0. The van der Waals surface area contributed by atoms with Crippen molar-refractivity contribution >= 4 is 0 Å². The van der Waals surface area contributed by atoms with Crippen molar-refractivity contribution < 1.29 is 0 Å². The molecular formula is C30H51N. The lowest BCUT2D eigenvalue weighted by Crippen LogP contribution is -2.21. The molecule has 176 valence electrons. The summed E-state index contributed by atoms with van der Waals surface area (Å²) in [4.78, 5) is 2.48. The Balaban J connectivity index is 2.14. The van der Waals surface area contributed by atoms with E-state index >= 15 is 0 Å². The Kier molecular flexibility index (Phi) is 15.4. The van der Waals surface area contributed by atoms with Gasteiger partial charge in [0.2, 0.25) is 0 Å². The Morgan fingerprint density at radius 1 is 1.06 bits per heavy atom. The molecule has 0 N–H and O–H groups in total. The fourth-order valence-electron chi connectivity index (χ4n) is 4.60. The number of nitrogens with zero attached hydrogens (tertiary/aromatic N) is 1. The molecule has 0 aromatic carbocycles. The van der Waals surface area contributed by atoms with Crippen molar-refractivity contribution in [1.82, 2.24) is 4.90 Å². The molecule has 0 saturated carbocycles. The number of allylic oxidation sites excluding steroid dienone is 7. The highest BCUT2D eigenvalue weighted by atomic mass is 15.1. The number of hydrogen-bond acceptors (Lipinski definition) is 1. The molecule has 1 heteroatoms. The molecule has 0 radical (unpaired) electrons. The minimum absolute atomic E-state index is 0.713. The zero-order chi connectivity index (χ0) is 22.9. The zero-order valence-corrected chi connectivity index (χ0v) is 21.2. The molecule has 0 heterocycles. The van der Waals surface area contributed by atoms with Gasteiger partial charge in [0.1, 0.15) is 0 Å². The molecule has 1 nitrogen and oxygen atoms in total. The van der Waals surface area contributed by atoms with Crippen LogP contribution in [0.15, 0.2) is 60.3 Å². The molecular weight excluding hydrogens is 374 g/mol. The quantitative estimate of drug-likeness (QED) is 0.156. The van der Waals surface area contributed by atoms with Crippen molar-refractivity contribution in [1.29, 1.82) is 0 Å². The summed E-state index contributed by atoms with van der Waals surface area (Å²) in [5.74, 6) is 0.713. The van der Waals surface area contributed by atoms with Crippen molar-refractivity contribution in [3.8, 4) is 0 Å². The van der Waals surface area contributed by atoms with E-state index in [2.05, 4.69) is 57.7 Å². The molecule has 1 unspecified atom stereocenters. The van der Waals surface area contributed by atoms with Gasteiger partial charge in [0.25, 0.3) is 0 Å². The third-order valence-electron chi connectivity index (χ3n) is 6.73. The van der Waals surface area contributed by atoms with Crippen LogP contribution in [0.25, 0.3) is 0 Å². The van der Waals surface area contributed by atoms with Crippen LogP contribution in [0, 0.1) is 5.92 Å².